The van der Waals surface area contributed by atoms with E-state index in [1.807, 2.05) is 4.90 Å². The number of methoxy groups -OCH3 is 1. The van der Waals surface area contributed by atoms with Crippen molar-refractivity contribution in [1.29, 1.82) is 0 Å². The van der Waals surface area contributed by atoms with Crippen molar-refractivity contribution in [1.82, 2.24) is 14.7 Å². The molecular weight excluding hydrogens is 454 g/mol. The molecule has 3 fully saturated rings. The molecule has 7 nitrogen and oxygen atoms in total. The lowest BCUT2D eigenvalue weighted by molar-refractivity contribution is -0.138. The molecule has 0 aromatic heterocycles. The van der Waals surface area contributed by atoms with Gasteiger partial charge in [0.1, 0.15) is 5.75 Å². The van der Waals surface area contributed by atoms with Gasteiger partial charge in [-0.2, -0.15) is 0 Å². The Morgan fingerprint density at radius 3 is 2.24 bits per heavy atom. The summed E-state index contributed by atoms with van der Waals surface area (Å²) in [7, 11) is 1.55. The van der Waals surface area contributed by atoms with E-state index in [0.29, 0.717) is 60.4 Å². The summed E-state index contributed by atoms with van der Waals surface area (Å²) in [5.41, 5.74) is 0.478. The Morgan fingerprint density at radius 1 is 1.00 bits per heavy atom. The molecule has 0 bridgehead atoms. The number of piperidine rings is 2. The zero-order chi connectivity index (χ0) is 24.2. The highest BCUT2D eigenvalue weighted by molar-refractivity contribution is 6.31. The van der Waals surface area contributed by atoms with E-state index in [9.17, 15) is 9.59 Å². The van der Waals surface area contributed by atoms with Crippen LogP contribution in [0.25, 0.3) is 0 Å². The molecule has 0 saturated carbocycles. The molecule has 3 saturated heterocycles. The number of amides is 2. The summed E-state index contributed by atoms with van der Waals surface area (Å²) in [5.74, 6) is 1.35. The van der Waals surface area contributed by atoms with E-state index in [1.54, 1.807) is 25.3 Å². The summed E-state index contributed by atoms with van der Waals surface area (Å²) in [6.07, 6.45) is 4.13. The molecule has 0 radical (unpaired) electrons. The highest BCUT2D eigenvalue weighted by Gasteiger charge is 2.33. The Balaban J connectivity index is 1.23. The molecule has 4 rings (SSSR count). The molecule has 34 heavy (non-hydrogen) atoms. The van der Waals surface area contributed by atoms with Crippen LogP contribution in [0.4, 0.5) is 0 Å². The van der Waals surface area contributed by atoms with Crippen molar-refractivity contribution in [3.63, 3.8) is 0 Å². The standard InChI is InChI=1S/C26H38ClN3O4/c1-18-15-28(16-19(2)34-18)17-20-6-10-29(11-7-20)25(31)21-8-12-30(13-9-21)26(32)23-14-22(27)4-5-24(23)33-3/h4-5,14,18-21H,6-13,15-17H2,1-3H3. The van der Waals surface area contributed by atoms with Crippen LogP contribution in [0.3, 0.4) is 0 Å². The van der Waals surface area contributed by atoms with E-state index in [-0.39, 0.29) is 17.7 Å². The van der Waals surface area contributed by atoms with Crippen LogP contribution in [-0.2, 0) is 9.53 Å². The molecule has 3 aliphatic rings. The number of carbonyl (C=O) groups excluding carboxylic acids is 2. The van der Waals surface area contributed by atoms with Crippen molar-refractivity contribution < 1.29 is 19.1 Å². The van der Waals surface area contributed by atoms with Crippen LogP contribution < -0.4 is 4.74 Å². The number of halogens is 1. The van der Waals surface area contributed by atoms with Crippen LogP contribution in [0.1, 0.15) is 49.9 Å². The van der Waals surface area contributed by atoms with Gasteiger partial charge in [0, 0.05) is 56.8 Å². The number of morpholine rings is 1. The lowest BCUT2D eigenvalue weighted by Crippen LogP contribution is -2.50. The van der Waals surface area contributed by atoms with Crippen LogP contribution in [0.5, 0.6) is 5.75 Å². The summed E-state index contributed by atoms with van der Waals surface area (Å²) >= 11 is 6.10. The number of hydrogen-bond acceptors (Lipinski definition) is 5. The Labute approximate surface area is 208 Å². The molecule has 188 valence electrons. The summed E-state index contributed by atoms with van der Waals surface area (Å²) in [6, 6.07) is 5.09. The van der Waals surface area contributed by atoms with Gasteiger partial charge in [0.15, 0.2) is 0 Å². The number of hydrogen-bond donors (Lipinski definition) is 0. The molecule has 2 amide bonds. The van der Waals surface area contributed by atoms with Crippen molar-refractivity contribution >= 4 is 23.4 Å². The maximum atomic E-state index is 13.2. The van der Waals surface area contributed by atoms with Crippen molar-refractivity contribution in [3.05, 3.63) is 28.8 Å². The molecule has 3 heterocycles. The van der Waals surface area contributed by atoms with Gasteiger partial charge in [0.25, 0.3) is 5.91 Å². The molecule has 2 unspecified atom stereocenters. The fraction of sp³-hybridized carbons (Fsp3) is 0.692. The average molecular weight is 492 g/mol. The van der Waals surface area contributed by atoms with Gasteiger partial charge >= 0.3 is 0 Å². The van der Waals surface area contributed by atoms with Crippen molar-refractivity contribution in [2.45, 2.75) is 51.7 Å². The van der Waals surface area contributed by atoms with Crippen LogP contribution in [0.15, 0.2) is 18.2 Å². The van der Waals surface area contributed by atoms with Crippen LogP contribution >= 0.6 is 11.6 Å². The molecular formula is C26H38ClN3O4. The highest BCUT2D eigenvalue weighted by Crippen LogP contribution is 2.28. The molecule has 2 atom stereocenters. The van der Waals surface area contributed by atoms with Gasteiger partial charge in [-0.25, -0.2) is 0 Å². The first-order valence-corrected chi connectivity index (χ1v) is 13.0. The Morgan fingerprint density at radius 2 is 1.62 bits per heavy atom. The molecule has 1 aromatic rings. The lowest BCUT2D eigenvalue weighted by atomic mass is 9.91. The zero-order valence-electron chi connectivity index (χ0n) is 20.7. The minimum absolute atomic E-state index is 0.00259. The Hall–Kier alpha value is -1.83. The third-order valence-corrected chi connectivity index (χ3v) is 7.70. The van der Waals surface area contributed by atoms with Gasteiger partial charge < -0.3 is 19.3 Å². The average Bonchev–Trinajstić information content (AvgIpc) is 2.83. The van der Waals surface area contributed by atoms with Crippen molar-refractivity contribution in [3.8, 4) is 5.75 Å². The SMILES string of the molecule is COc1ccc(Cl)cc1C(=O)N1CCC(C(=O)N2CCC(CN3CC(C)OC(C)C3)CC2)CC1. The van der Waals surface area contributed by atoms with Gasteiger partial charge in [-0.3, -0.25) is 14.5 Å². The zero-order valence-corrected chi connectivity index (χ0v) is 21.4. The third kappa shape index (κ3) is 6.04. The second kappa shape index (κ2) is 11.3. The van der Waals surface area contributed by atoms with Crippen molar-refractivity contribution in [2.24, 2.45) is 11.8 Å². The monoisotopic (exact) mass is 491 g/mol. The van der Waals surface area contributed by atoms with Crippen LogP contribution in [-0.4, -0.2) is 91.6 Å². The number of carbonyl (C=O) groups is 2. The number of ether oxygens (including phenoxy) is 2. The first-order valence-electron chi connectivity index (χ1n) is 12.6. The highest BCUT2D eigenvalue weighted by atomic mass is 35.5. The van der Waals surface area contributed by atoms with Crippen LogP contribution in [0, 0.1) is 11.8 Å². The van der Waals surface area contributed by atoms with Crippen molar-refractivity contribution in [2.75, 3.05) is 52.9 Å². The predicted octanol–water partition coefficient (Wildman–Crippen LogP) is 3.55. The number of nitrogens with zero attached hydrogens (tertiary/aromatic N) is 3. The van der Waals surface area contributed by atoms with Gasteiger partial charge in [-0.1, -0.05) is 11.6 Å². The summed E-state index contributed by atoms with van der Waals surface area (Å²) in [4.78, 5) is 32.6. The Kier molecular flexibility index (Phi) is 8.38. The van der Waals surface area contributed by atoms with Gasteiger partial charge in [-0.15, -0.1) is 0 Å². The maximum Gasteiger partial charge on any atom is 0.257 e. The smallest absolute Gasteiger partial charge is 0.257 e. The second-order valence-corrected chi connectivity index (χ2v) is 10.6. The predicted molar refractivity (Wildman–Crippen MR) is 132 cm³/mol. The lowest BCUT2D eigenvalue weighted by Gasteiger charge is -2.40. The number of rotatable bonds is 5. The van der Waals surface area contributed by atoms with E-state index in [1.165, 1.54) is 0 Å². The molecule has 0 N–H and O–H groups in total. The molecule has 8 heteroatoms. The van der Waals surface area contributed by atoms with E-state index in [4.69, 9.17) is 21.1 Å². The van der Waals surface area contributed by atoms with Crippen LogP contribution in [0.2, 0.25) is 5.02 Å². The maximum absolute atomic E-state index is 13.2. The first-order chi connectivity index (χ1) is 16.3. The largest absolute Gasteiger partial charge is 0.496 e. The fourth-order valence-corrected chi connectivity index (χ4v) is 5.91. The summed E-state index contributed by atoms with van der Waals surface area (Å²) in [5, 5.41) is 0.509. The van der Waals surface area contributed by atoms with Gasteiger partial charge in [-0.05, 0) is 63.6 Å². The van der Waals surface area contributed by atoms with Gasteiger partial charge in [0.2, 0.25) is 5.91 Å². The topological polar surface area (TPSA) is 62.3 Å². The third-order valence-electron chi connectivity index (χ3n) is 7.46. The summed E-state index contributed by atoms with van der Waals surface area (Å²) in [6.45, 7) is 10.2. The molecule has 3 aliphatic heterocycles. The second-order valence-electron chi connectivity index (χ2n) is 10.2. The number of benzene rings is 1. The van der Waals surface area contributed by atoms with E-state index in [0.717, 1.165) is 45.6 Å². The molecule has 1 aromatic carbocycles. The van der Waals surface area contributed by atoms with E-state index < -0.39 is 0 Å². The quantitative estimate of drug-likeness (QED) is 0.630. The Bertz CT molecular complexity index is 856. The van der Waals surface area contributed by atoms with E-state index >= 15 is 0 Å². The minimum Gasteiger partial charge on any atom is -0.496 e. The van der Waals surface area contributed by atoms with Gasteiger partial charge in [0.05, 0.1) is 24.9 Å². The number of likely N-dealkylation sites (tertiary alicyclic amines) is 2. The normalized spacial score (nSPS) is 25.4. The molecule has 0 aliphatic carbocycles. The fourth-order valence-electron chi connectivity index (χ4n) is 5.74. The summed E-state index contributed by atoms with van der Waals surface area (Å²) < 4.78 is 11.2. The first kappa shape index (κ1) is 25.3. The minimum atomic E-state index is -0.0854. The van der Waals surface area contributed by atoms with E-state index in [2.05, 4.69) is 23.6 Å². The molecule has 0 spiro atoms.